The maximum Gasteiger partial charge on any atom is 0.203 e. The van der Waals surface area contributed by atoms with E-state index in [1.165, 1.54) is 7.11 Å². The van der Waals surface area contributed by atoms with Gasteiger partial charge in [0.05, 0.1) is 6.04 Å². The van der Waals surface area contributed by atoms with Gasteiger partial charge in [-0.3, -0.25) is 4.79 Å². The van der Waals surface area contributed by atoms with Gasteiger partial charge < -0.3 is 15.2 Å². The van der Waals surface area contributed by atoms with Gasteiger partial charge in [0.15, 0.2) is 23.2 Å². The van der Waals surface area contributed by atoms with Crippen LogP contribution in [0.25, 0.3) is 0 Å². The molecule has 0 radical (unpaired) electrons. The van der Waals surface area contributed by atoms with Crippen molar-refractivity contribution in [1.82, 2.24) is 0 Å². The van der Waals surface area contributed by atoms with E-state index < -0.39 is 47.5 Å². The third-order valence-electron chi connectivity index (χ3n) is 2.48. The third-order valence-corrected chi connectivity index (χ3v) is 2.48. The summed E-state index contributed by atoms with van der Waals surface area (Å²) < 4.78 is 61.4. The molecule has 0 amide bonds. The highest BCUT2D eigenvalue weighted by Crippen LogP contribution is 2.26. The van der Waals surface area contributed by atoms with Crippen molar-refractivity contribution < 1.29 is 31.8 Å². The molecule has 1 aromatic rings. The molecule has 0 saturated heterocycles. The number of halogens is 5. The summed E-state index contributed by atoms with van der Waals surface area (Å²) in [6.45, 7) is -0.591. The molecule has 1 unspecified atom stereocenters. The molecule has 0 aliphatic carbocycles. The summed E-state index contributed by atoms with van der Waals surface area (Å²) >= 11 is 0. The number of benzene rings is 1. The molecule has 1 rings (SSSR count). The molecule has 0 spiro atoms. The second kappa shape index (κ2) is 8.81. The van der Waals surface area contributed by atoms with Gasteiger partial charge >= 0.3 is 0 Å². The number of carbonyl (C=O) groups is 1. The zero-order chi connectivity index (χ0) is 15.3. The number of hydrogen-bond donors (Lipinski definition) is 1. The Hall–Kier alpha value is -1.38. The molecule has 0 heterocycles. The van der Waals surface area contributed by atoms with Gasteiger partial charge in [0.1, 0.15) is 6.61 Å². The standard InChI is InChI=1S/C12H13F4NO3.ClH/c1-19-3-2-8(17)9(18)5-20-12-10(15)6(13)4-7(14)11(12)16;/h4,8H,2-3,5,17H2,1H3;1H. The molecule has 1 aromatic carbocycles. The van der Waals surface area contributed by atoms with E-state index in [1.54, 1.807) is 0 Å². The van der Waals surface area contributed by atoms with Gasteiger partial charge in [0, 0.05) is 19.8 Å². The first kappa shape index (κ1) is 19.6. The number of nitrogens with two attached hydrogens (primary N) is 1. The van der Waals surface area contributed by atoms with Crippen molar-refractivity contribution in [3.63, 3.8) is 0 Å². The Balaban J connectivity index is 0.00000400. The minimum atomic E-state index is -1.71. The Labute approximate surface area is 124 Å². The zero-order valence-electron chi connectivity index (χ0n) is 11.0. The average molecular weight is 332 g/mol. The highest BCUT2D eigenvalue weighted by atomic mass is 35.5. The van der Waals surface area contributed by atoms with Crippen molar-refractivity contribution in [1.29, 1.82) is 0 Å². The zero-order valence-corrected chi connectivity index (χ0v) is 11.8. The fourth-order valence-corrected chi connectivity index (χ4v) is 1.33. The van der Waals surface area contributed by atoms with Crippen molar-refractivity contribution in [2.24, 2.45) is 5.73 Å². The lowest BCUT2D eigenvalue weighted by Crippen LogP contribution is -2.35. The first-order valence-electron chi connectivity index (χ1n) is 5.61. The SMILES string of the molecule is COCCC(N)C(=O)COc1c(F)c(F)cc(F)c1F.Cl. The van der Waals surface area contributed by atoms with Crippen LogP contribution in [0.3, 0.4) is 0 Å². The Morgan fingerprint density at radius 3 is 2.24 bits per heavy atom. The summed E-state index contributed by atoms with van der Waals surface area (Å²) in [5, 5.41) is 0. The Kier molecular flexibility index (Phi) is 8.23. The van der Waals surface area contributed by atoms with Crippen LogP contribution in [0.5, 0.6) is 5.75 Å². The number of Topliss-reactive ketones (excluding diaryl/α,β-unsaturated/α-hetero) is 1. The van der Waals surface area contributed by atoms with Gasteiger partial charge in [-0.25, -0.2) is 8.78 Å². The van der Waals surface area contributed by atoms with Crippen molar-refractivity contribution >= 4 is 18.2 Å². The minimum Gasteiger partial charge on any atom is -0.479 e. The topological polar surface area (TPSA) is 61.5 Å². The Morgan fingerprint density at radius 1 is 1.24 bits per heavy atom. The maximum atomic E-state index is 13.2. The molecule has 1 atom stereocenters. The Morgan fingerprint density at radius 2 is 1.76 bits per heavy atom. The smallest absolute Gasteiger partial charge is 0.203 e. The first-order chi connectivity index (χ1) is 9.38. The van der Waals surface area contributed by atoms with E-state index in [1.807, 2.05) is 0 Å². The van der Waals surface area contributed by atoms with Crippen LogP contribution in [0.1, 0.15) is 6.42 Å². The van der Waals surface area contributed by atoms with Crippen LogP contribution in [0.15, 0.2) is 6.07 Å². The molecule has 0 aliphatic rings. The number of methoxy groups -OCH3 is 1. The summed E-state index contributed by atoms with van der Waals surface area (Å²) in [5.41, 5.74) is 5.46. The fraction of sp³-hybridized carbons (Fsp3) is 0.417. The quantitative estimate of drug-likeness (QED) is 0.613. The van der Waals surface area contributed by atoms with Crippen molar-refractivity contribution in [2.75, 3.05) is 20.3 Å². The molecule has 0 saturated carbocycles. The maximum absolute atomic E-state index is 13.2. The minimum absolute atomic E-state index is 0. The van der Waals surface area contributed by atoms with Gasteiger partial charge in [-0.1, -0.05) is 0 Å². The van der Waals surface area contributed by atoms with E-state index in [-0.39, 0.29) is 31.5 Å². The molecule has 2 N–H and O–H groups in total. The number of rotatable bonds is 7. The van der Waals surface area contributed by atoms with Crippen LogP contribution in [-0.2, 0) is 9.53 Å². The lowest BCUT2D eigenvalue weighted by molar-refractivity contribution is -0.122. The number of ether oxygens (including phenoxy) is 2. The molecule has 4 nitrogen and oxygen atoms in total. The number of hydrogen-bond acceptors (Lipinski definition) is 4. The van der Waals surface area contributed by atoms with E-state index in [4.69, 9.17) is 10.5 Å². The van der Waals surface area contributed by atoms with Gasteiger partial charge in [0.25, 0.3) is 0 Å². The second-order valence-corrected chi connectivity index (χ2v) is 3.94. The van der Waals surface area contributed by atoms with E-state index in [2.05, 4.69) is 4.74 Å². The third kappa shape index (κ3) is 5.14. The van der Waals surface area contributed by atoms with Gasteiger partial charge in [-0.15, -0.1) is 12.4 Å². The summed E-state index contributed by atoms with van der Waals surface area (Å²) in [6.07, 6.45) is 0.182. The predicted molar refractivity (Wildman–Crippen MR) is 68.5 cm³/mol. The van der Waals surface area contributed by atoms with Gasteiger partial charge in [-0.2, -0.15) is 8.78 Å². The summed E-state index contributed by atoms with van der Waals surface area (Å²) in [6, 6.07) is -0.914. The summed E-state index contributed by atoms with van der Waals surface area (Å²) in [4.78, 5) is 11.5. The van der Waals surface area contributed by atoms with Crippen LogP contribution in [0.4, 0.5) is 17.6 Å². The van der Waals surface area contributed by atoms with Gasteiger partial charge in [0.2, 0.25) is 11.6 Å². The summed E-state index contributed by atoms with van der Waals surface area (Å²) in [5.74, 6) is -8.60. The molecule has 120 valence electrons. The van der Waals surface area contributed by atoms with E-state index in [9.17, 15) is 22.4 Å². The van der Waals surface area contributed by atoms with E-state index >= 15 is 0 Å². The highest BCUT2D eigenvalue weighted by Gasteiger charge is 2.22. The molecule has 0 aliphatic heterocycles. The largest absolute Gasteiger partial charge is 0.479 e. The molecule has 21 heavy (non-hydrogen) atoms. The average Bonchev–Trinajstić information content (AvgIpc) is 2.42. The summed E-state index contributed by atoms with van der Waals surface area (Å²) in [7, 11) is 1.41. The molecular formula is C12H14ClF4NO3. The monoisotopic (exact) mass is 331 g/mol. The van der Waals surface area contributed by atoms with Crippen LogP contribution in [-0.4, -0.2) is 32.1 Å². The van der Waals surface area contributed by atoms with Crippen molar-refractivity contribution in [2.45, 2.75) is 12.5 Å². The van der Waals surface area contributed by atoms with Crippen LogP contribution < -0.4 is 10.5 Å². The van der Waals surface area contributed by atoms with Crippen LogP contribution >= 0.6 is 12.4 Å². The molecule has 0 fully saturated rings. The van der Waals surface area contributed by atoms with Crippen molar-refractivity contribution in [3.05, 3.63) is 29.3 Å². The van der Waals surface area contributed by atoms with Crippen LogP contribution in [0.2, 0.25) is 0 Å². The van der Waals surface area contributed by atoms with Gasteiger partial charge in [-0.05, 0) is 6.42 Å². The second-order valence-electron chi connectivity index (χ2n) is 3.94. The molecule has 0 aromatic heterocycles. The lowest BCUT2D eigenvalue weighted by atomic mass is 10.1. The van der Waals surface area contributed by atoms with E-state index in [0.29, 0.717) is 0 Å². The number of carbonyl (C=O) groups excluding carboxylic acids is 1. The van der Waals surface area contributed by atoms with Crippen molar-refractivity contribution in [3.8, 4) is 5.75 Å². The van der Waals surface area contributed by atoms with E-state index in [0.717, 1.165) is 0 Å². The predicted octanol–water partition coefficient (Wildman–Crippen LogP) is 1.98. The molecule has 9 heteroatoms. The molecular weight excluding hydrogens is 318 g/mol. The van der Waals surface area contributed by atoms with Crippen LogP contribution in [0, 0.1) is 23.3 Å². The number of ketones is 1. The molecule has 0 bridgehead atoms. The fourth-order valence-electron chi connectivity index (χ4n) is 1.33. The normalized spacial score (nSPS) is 11.7. The Bertz CT molecular complexity index is 476. The lowest BCUT2D eigenvalue weighted by Gasteiger charge is -2.12. The first-order valence-corrected chi connectivity index (χ1v) is 5.61. The highest BCUT2D eigenvalue weighted by molar-refractivity contribution is 5.85.